The molecule has 3 rings (SSSR count). The molecule has 0 aromatic heterocycles. The van der Waals surface area contributed by atoms with Gasteiger partial charge in [-0.3, -0.25) is 14.4 Å². The largest absolute Gasteiger partial charge is 0.489 e. The maximum atomic E-state index is 12.9. The van der Waals surface area contributed by atoms with E-state index in [1.165, 1.54) is 24.0 Å². The summed E-state index contributed by atoms with van der Waals surface area (Å²) in [5, 5.41) is 9.17. The summed E-state index contributed by atoms with van der Waals surface area (Å²) < 4.78 is 29.1. The first-order valence-electron chi connectivity index (χ1n) is 9.85. The van der Waals surface area contributed by atoms with E-state index in [0.717, 1.165) is 11.8 Å². The number of carboxylic acids is 1. The number of primary amides is 1. The van der Waals surface area contributed by atoms with Crippen LogP contribution in [0, 0.1) is 5.92 Å². The molecule has 2 aromatic rings. The summed E-state index contributed by atoms with van der Waals surface area (Å²) in [6.07, 6.45) is 1.04. The second kappa shape index (κ2) is 8.99. The highest BCUT2D eigenvalue weighted by Crippen LogP contribution is 2.33. The predicted octanol–water partition coefficient (Wildman–Crippen LogP) is 1.59. The quantitative estimate of drug-likeness (QED) is 0.578. The van der Waals surface area contributed by atoms with Gasteiger partial charge in [-0.25, -0.2) is 8.42 Å². The fourth-order valence-electron chi connectivity index (χ4n) is 3.54. The van der Waals surface area contributed by atoms with Gasteiger partial charge >= 0.3 is 5.97 Å². The summed E-state index contributed by atoms with van der Waals surface area (Å²) in [5.74, 6) is -2.67. The zero-order chi connectivity index (χ0) is 23.6. The van der Waals surface area contributed by atoms with Gasteiger partial charge in [-0.15, -0.1) is 0 Å². The van der Waals surface area contributed by atoms with Gasteiger partial charge in [0.25, 0.3) is 5.91 Å². The van der Waals surface area contributed by atoms with Gasteiger partial charge in [0, 0.05) is 17.4 Å². The molecule has 2 unspecified atom stereocenters. The van der Waals surface area contributed by atoms with Gasteiger partial charge in [0.2, 0.25) is 5.91 Å². The monoisotopic (exact) mass is 460 g/mol. The van der Waals surface area contributed by atoms with Crippen LogP contribution in [0.4, 0.5) is 0 Å². The third kappa shape index (κ3) is 4.91. The first-order chi connectivity index (χ1) is 15.0. The lowest BCUT2D eigenvalue weighted by atomic mass is 10.0. The highest BCUT2D eigenvalue weighted by atomic mass is 32.2. The molecule has 9 nitrogen and oxygen atoms in total. The van der Waals surface area contributed by atoms with Crippen molar-refractivity contribution < 1.29 is 32.6 Å². The number of carboxylic acid groups (broad SMARTS) is 1. The number of sulfone groups is 1. The van der Waals surface area contributed by atoms with Crippen LogP contribution in [-0.2, 0) is 32.6 Å². The zero-order valence-corrected chi connectivity index (χ0v) is 18.5. The molecule has 2 aromatic carbocycles. The molecule has 2 atom stereocenters. The molecule has 1 heterocycles. The van der Waals surface area contributed by atoms with E-state index in [1.54, 1.807) is 30.3 Å². The van der Waals surface area contributed by atoms with E-state index in [9.17, 15) is 22.8 Å². The van der Waals surface area contributed by atoms with E-state index in [4.69, 9.17) is 15.6 Å². The van der Waals surface area contributed by atoms with Gasteiger partial charge in [-0.05, 0) is 36.2 Å². The molecule has 32 heavy (non-hydrogen) atoms. The molecule has 1 aliphatic rings. The van der Waals surface area contributed by atoms with Gasteiger partial charge < -0.3 is 20.5 Å². The van der Waals surface area contributed by atoms with Crippen LogP contribution in [0.2, 0.25) is 0 Å². The molecule has 0 saturated carbocycles. The Bertz CT molecular complexity index is 1160. The van der Waals surface area contributed by atoms with Gasteiger partial charge in [-0.1, -0.05) is 25.1 Å². The predicted molar refractivity (Wildman–Crippen MR) is 115 cm³/mol. The average Bonchev–Trinajstić information content (AvgIpc) is 3.06. The van der Waals surface area contributed by atoms with Crippen LogP contribution in [0.3, 0.4) is 0 Å². The highest BCUT2D eigenvalue weighted by molar-refractivity contribution is 7.90. The zero-order valence-electron chi connectivity index (χ0n) is 17.6. The number of benzene rings is 2. The Morgan fingerprint density at radius 2 is 1.84 bits per heavy atom. The molecule has 0 aliphatic carbocycles. The van der Waals surface area contributed by atoms with Crippen LogP contribution >= 0.6 is 0 Å². The number of nitrogens with zero attached hydrogens (tertiary/aromatic N) is 1. The number of hydrogen-bond acceptors (Lipinski definition) is 6. The standard InChI is InChI=1S/C22H24N2O7S/c1-13(22(27)28)10-18(20(23)25)24-11-17-16(21(24)26)4-3-5-19(17)31-12-14-6-8-15(9-7-14)32(2,29)30/h3-9,13,18H,10-12H2,1-2H3,(H2,23,25)(H,27,28). The first-order valence-corrected chi connectivity index (χ1v) is 11.7. The third-order valence-corrected chi connectivity index (χ3v) is 6.53. The van der Waals surface area contributed by atoms with Crippen molar-refractivity contribution in [3.63, 3.8) is 0 Å². The lowest BCUT2D eigenvalue weighted by molar-refractivity contribution is -0.142. The summed E-state index contributed by atoms with van der Waals surface area (Å²) in [5.41, 5.74) is 7.16. The first kappa shape index (κ1) is 23.3. The molecule has 170 valence electrons. The fourth-order valence-corrected chi connectivity index (χ4v) is 4.17. The lowest BCUT2D eigenvalue weighted by Crippen LogP contribution is -2.46. The summed E-state index contributed by atoms with van der Waals surface area (Å²) in [4.78, 5) is 37.6. The van der Waals surface area contributed by atoms with E-state index in [2.05, 4.69) is 0 Å². The number of aliphatic carboxylic acids is 1. The Hall–Kier alpha value is -3.40. The molecule has 0 bridgehead atoms. The molecule has 0 saturated heterocycles. The van der Waals surface area contributed by atoms with Crippen molar-refractivity contribution in [2.45, 2.75) is 37.4 Å². The lowest BCUT2D eigenvalue weighted by Gasteiger charge is -2.26. The Balaban J connectivity index is 1.78. The van der Waals surface area contributed by atoms with Gasteiger partial charge in [0.1, 0.15) is 18.4 Å². The molecular weight excluding hydrogens is 436 g/mol. The van der Waals surface area contributed by atoms with Crippen molar-refractivity contribution in [3.8, 4) is 5.75 Å². The smallest absolute Gasteiger partial charge is 0.306 e. The van der Waals surface area contributed by atoms with Crippen molar-refractivity contribution >= 4 is 27.6 Å². The Kier molecular flexibility index (Phi) is 6.54. The van der Waals surface area contributed by atoms with E-state index in [0.29, 0.717) is 16.9 Å². The molecule has 10 heteroatoms. The summed E-state index contributed by atoms with van der Waals surface area (Å²) in [6, 6.07) is 10.2. The topological polar surface area (TPSA) is 144 Å². The van der Waals surface area contributed by atoms with Crippen LogP contribution in [-0.4, -0.2) is 48.5 Å². The molecule has 1 aliphatic heterocycles. The van der Waals surface area contributed by atoms with Crippen LogP contribution in [0.1, 0.15) is 34.8 Å². The van der Waals surface area contributed by atoms with Crippen molar-refractivity contribution in [3.05, 3.63) is 59.2 Å². The number of fused-ring (bicyclic) bond motifs is 1. The Morgan fingerprint density at radius 3 is 2.41 bits per heavy atom. The van der Waals surface area contributed by atoms with E-state index in [1.807, 2.05) is 0 Å². The molecule has 0 radical (unpaired) electrons. The fraction of sp³-hybridized carbons (Fsp3) is 0.318. The second-order valence-corrected chi connectivity index (χ2v) is 9.83. The Labute approximate surface area is 185 Å². The van der Waals surface area contributed by atoms with E-state index in [-0.39, 0.29) is 24.5 Å². The van der Waals surface area contributed by atoms with Crippen molar-refractivity contribution in [1.29, 1.82) is 0 Å². The SMILES string of the molecule is CC(CC(C(N)=O)N1Cc2c(OCc3ccc(S(C)(=O)=O)cc3)cccc2C1=O)C(=O)O. The Morgan fingerprint density at radius 1 is 1.19 bits per heavy atom. The second-order valence-electron chi connectivity index (χ2n) is 7.81. The van der Waals surface area contributed by atoms with Crippen LogP contribution in [0.25, 0.3) is 0 Å². The molecule has 0 fully saturated rings. The number of nitrogens with two attached hydrogens (primary N) is 1. The number of carbonyl (C=O) groups excluding carboxylic acids is 2. The van der Waals surface area contributed by atoms with Crippen LogP contribution in [0.5, 0.6) is 5.75 Å². The highest BCUT2D eigenvalue weighted by Gasteiger charge is 2.38. The molecular formula is C22H24N2O7S. The maximum Gasteiger partial charge on any atom is 0.306 e. The summed E-state index contributed by atoms with van der Waals surface area (Å²) >= 11 is 0. The van der Waals surface area contributed by atoms with Crippen molar-refractivity contribution in [2.24, 2.45) is 11.7 Å². The minimum atomic E-state index is -3.29. The van der Waals surface area contributed by atoms with Gasteiger partial charge in [0.05, 0.1) is 17.4 Å². The van der Waals surface area contributed by atoms with Crippen molar-refractivity contribution in [2.75, 3.05) is 6.26 Å². The summed E-state index contributed by atoms with van der Waals surface area (Å²) in [7, 11) is -3.29. The van der Waals surface area contributed by atoms with Crippen molar-refractivity contribution in [1.82, 2.24) is 4.90 Å². The number of carbonyl (C=O) groups is 3. The maximum absolute atomic E-state index is 12.9. The number of rotatable bonds is 9. The normalized spacial score (nSPS) is 15.2. The summed E-state index contributed by atoms with van der Waals surface area (Å²) in [6.45, 7) is 1.66. The van der Waals surface area contributed by atoms with Crippen LogP contribution in [0.15, 0.2) is 47.4 Å². The minimum Gasteiger partial charge on any atom is -0.489 e. The van der Waals surface area contributed by atoms with Gasteiger partial charge in [0.15, 0.2) is 9.84 Å². The molecule has 2 amide bonds. The number of ether oxygens (including phenoxy) is 1. The average molecular weight is 461 g/mol. The van der Waals surface area contributed by atoms with E-state index < -0.39 is 39.6 Å². The molecule has 3 N–H and O–H groups in total. The molecule has 0 spiro atoms. The number of amides is 2. The van der Waals surface area contributed by atoms with Crippen LogP contribution < -0.4 is 10.5 Å². The van der Waals surface area contributed by atoms with E-state index >= 15 is 0 Å². The number of hydrogen-bond donors (Lipinski definition) is 2. The van der Waals surface area contributed by atoms with Gasteiger partial charge in [-0.2, -0.15) is 0 Å². The minimum absolute atomic E-state index is 0.0668. The third-order valence-electron chi connectivity index (χ3n) is 5.40.